The molecule has 0 saturated carbocycles. The zero-order valence-electron chi connectivity index (χ0n) is 58.1. The van der Waals surface area contributed by atoms with E-state index in [1.807, 2.05) is 0 Å². The number of carbonyl (C=O) groups is 3. The molecule has 2 rings (SSSR count). The molecule has 2 heterocycles. The lowest BCUT2D eigenvalue weighted by atomic mass is 9.95. The Morgan fingerprint density at radius 1 is 0.500 bits per heavy atom. The van der Waals surface area contributed by atoms with Crippen LogP contribution in [0.15, 0.2) is 0 Å². The van der Waals surface area contributed by atoms with Crippen LogP contribution in [0.25, 0.3) is 0 Å². The largest absolute Gasteiger partial charge is 0.480 e. The number of rotatable bonds is 63. The molecular weight excluding hydrogens is 1210 g/mol. The molecule has 0 aromatic carbocycles. The fourth-order valence-electron chi connectivity index (χ4n) is 12.5. The Bertz CT molecular complexity index is 1830. The van der Waals surface area contributed by atoms with Crippen molar-refractivity contribution in [2.45, 2.75) is 390 Å². The molecule has 5 unspecified atom stereocenters. The Labute approximate surface area is 555 Å². The van der Waals surface area contributed by atoms with Crippen molar-refractivity contribution >= 4 is 25.6 Å². The summed E-state index contributed by atoms with van der Waals surface area (Å²) >= 11 is 0. The summed E-state index contributed by atoms with van der Waals surface area (Å²) in [6.07, 6.45) is 30.8. The summed E-state index contributed by atoms with van der Waals surface area (Å²) in [5.41, 5.74) is 0. The number of carboxylic acid groups (broad SMARTS) is 1. The number of unbranched alkanes of at least 4 members (excludes halogenated alkanes) is 32. The molecule has 2 fully saturated rings. The minimum atomic E-state index is -5.30. The normalized spacial score (nSPS) is 22.9. The average Bonchev–Trinajstić information content (AvgIpc) is 0.813. The molecule has 2 aliphatic heterocycles. The number of phosphoric ester groups is 1. The van der Waals surface area contributed by atoms with E-state index in [0.29, 0.717) is 25.4 Å². The molecule has 92 heavy (non-hydrogen) atoms. The van der Waals surface area contributed by atoms with Gasteiger partial charge < -0.3 is 74.0 Å². The Morgan fingerprint density at radius 3 is 1.39 bits per heavy atom. The van der Waals surface area contributed by atoms with Gasteiger partial charge in [-0.05, 0) is 51.4 Å². The van der Waals surface area contributed by atoms with Gasteiger partial charge in [-0.3, -0.25) is 14.1 Å². The number of aliphatic carboxylic acids is 1. The molecule has 0 aliphatic carbocycles. The van der Waals surface area contributed by atoms with Crippen LogP contribution in [-0.4, -0.2) is 167 Å². The average molecular weight is 1340 g/mol. The number of hydrogen-bond acceptors (Lipinski definition) is 15. The minimum absolute atomic E-state index is 0.0576. The highest BCUT2D eigenvalue weighted by molar-refractivity contribution is 7.46. The Kier molecular flexibility index (Phi) is 52.4. The SMILES string of the molecule is CCCCCCCCCCCC(O)CCO[C@H]1[C@H](O)[C@@H](CO[C@@H]2O[C@H](CF)C(OP(=O)(O)O)[C@H](OCCCCCCCCCCCCCCOC(CC)CCCCCCCCC)C2NC(C)=O)O[C@H](OCC(=O)O)[C@@H]1NC(=O)CCC(O)CCCCCCCCCC. The molecule has 0 radical (unpaired) electrons. The van der Waals surface area contributed by atoms with Crippen molar-refractivity contribution in [2.24, 2.45) is 0 Å². The van der Waals surface area contributed by atoms with E-state index in [1.165, 1.54) is 148 Å². The second-order valence-electron chi connectivity index (χ2n) is 26.4. The molecule has 8 N–H and O–H groups in total. The van der Waals surface area contributed by atoms with Gasteiger partial charge in [0.05, 0.1) is 24.9 Å². The summed E-state index contributed by atoms with van der Waals surface area (Å²) in [5, 5.41) is 49.2. The van der Waals surface area contributed by atoms with Crippen LogP contribution in [0.5, 0.6) is 0 Å². The highest BCUT2D eigenvalue weighted by Crippen LogP contribution is 2.43. The van der Waals surface area contributed by atoms with E-state index >= 15 is 4.39 Å². The van der Waals surface area contributed by atoms with Gasteiger partial charge in [-0.2, -0.15) is 0 Å². The topological polar surface area (TPSA) is 288 Å². The monoisotopic (exact) mass is 1340 g/mol. The number of carboxylic acids is 1. The zero-order valence-corrected chi connectivity index (χ0v) is 59.0. The van der Waals surface area contributed by atoms with Gasteiger partial charge in [0.25, 0.3) is 0 Å². The molecule has 22 heteroatoms. The lowest BCUT2D eigenvalue weighted by molar-refractivity contribution is -0.306. The lowest BCUT2D eigenvalue weighted by Crippen LogP contribution is -2.67. The van der Waals surface area contributed by atoms with Crippen molar-refractivity contribution in [3.05, 3.63) is 0 Å². The molecule has 544 valence electrons. The first-order chi connectivity index (χ1) is 44.5. The number of hydrogen-bond donors (Lipinski definition) is 8. The summed E-state index contributed by atoms with van der Waals surface area (Å²) in [6, 6.07) is -2.65. The highest BCUT2D eigenvalue weighted by Gasteiger charge is 2.52. The van der Waals surface area contributed by atoms with Crippen molar-refractivity contribution in [1.82, 2.24) is 10.6 Å². The van der Waals surface area contributed by atoms with Gasteiger partial charge in [-0.15, -0.1) is 0 Å². The first kappa shape index (κ1) is 86.1. The number of nitrogens with one attached hydrogen (secondary N) is 2. The maximum absolute atomic E-state index is 15.0. The first-order valence-corrected chi connectivity index (χ1v) is 38.5. The van der Waals surface area contributed by atoms with Gasteiger partial charge in [0.2, 0.25) is 11.8 Å². The van der Waals surface area contributed by atoms with Gasteiger partial charge in [0.15, 0.2) is 12.6 Å². The van der Waals surface area contributed by atoms with Crippen molar-refractivity contribution < 1.29 is 91.2 Å². The van der Waals surface area contributed by atoms with Gasteiger partial charge >= 0.3 is 13.8 Å². The lowest BCUT2D eigenvalue weighted by Gasteiger charge is -2.47. The molecule has 2 amide bonds. The van der Waals surface area contributed by atoms with E-state index < -0.39 is 119 Å². The standard InChI is InChI=1S/C70H134FN2O18P/c1-6-10-13-16-19-25-30-34-39-44-57(76)48-51-86-67-63(73-61(77)47-46-56(75)43-38-33-29-20-17-14-11-7-2)69(88-54-62(78)79)90-60(65(67)80)53-87-70-64(72-55(5)74)68(66(59(52-71)89-70)91-92(81,82)83)85-50-42-37-32-27-24-22-21-23-26-31-36-41-49-84-58(9-4)45-40-35-28-18-15-12-8-3/h56-60,63-70,75-76,80H,6-54H2,1-5H3,(H,72,74)(H,73,77)(H,78,79)(H2,81,82,83)/t56?,57?,58?,59-,60-,63-,64?,65-,66?,67-,68-,69+,70-/m1/s1. The molecule has 0 bridgehead atoms. The van der Waals surface area contributed by atoms with E-state index in [-0.39, 0.29) is 32.5 Å². The fraction of sp³-hybridized carbons (Fsp3) is 0.957. The molecule has 13 atom stereocenters. The van der Waals surface area contributed by atoms with Crippen LogP contribution in [-0.2, 0) is 56.6 Å². The van der Waals surface area contributed by atoms with Gasteiger partial charge in [0.1, 0.15) is 62.0 Å². The van der Waals surface area contributed by atoms with Crippen LogP contribution in [0.4, 0.5) is 4.39 Å². The van der Waals surface area contributed by atoms with Crippen LogP contribution in [0.1, 0.15) is 311 Å². The number of phosphoric acid groups is 1. The second-order valence-corrected chi connectivity index (χ2v) is 27.6. The van der Waals surface area contributed by atoms with Crippen molar-refractivity contribution in [1.29, 1.82) is 0 Å². The van der Waals surface area contributed by atoms with Crippen LogP contribution in [0, 0.1) is 0 Å². The summed E-state index contributed by atoms with van der Waals surface area (Å²) in [6.45, 7) is 8.09. The quantitative estimate of drug-likeness (QED) is 0.0207. The smallest absolute Gasteiger partial charge is 0.470 e. The van der Waals surface area contributed by atoms with Crippen LogP contribution < -0.4 is 10.6 Å². The van der Waals surface area contributed by atoms with E-state index in [4.69, 9.17) is 37.7 Å². The third-order valence-corrected chi connectivity index (χ3v) is 18.5. The number of ether oxygens (including phenoxy) is 7. The summed E-state index contributed by atoms with van der Waals surface area (Å²) < 4.78 is 75.4. The summed E-state index contributed by atoms with van der Waals surface area (Å²) in [5.74, 6) is -2.51. The van der Waals surface area contributed by atoms with Gasteiger partial charge in [-0.1, -0.05) is 246 Å². The van der Waals surface area contributed by atoms with E-state index in [2.05, 4.69) is 38.3 Å². The highest BCUT2D eigenvalue weighted by atomic mass is 31.2. The zero-order chi connectivity index (χ0) is 67.5. The molecule has 20 nitrogen and oxygen atoms in total. The number of aliphatic hydroxyl groups excluding tert-OH is 3. The third-order valence-electron chi connectivity index (χ3n) is 18.0. The number of halogens is 1. The third kappa shape index (κ3) is 42.7. The van der Waals surface area contributed by atoms with Gasteiger partial charge in [0, 0.05) is 33.2 Å². The number of aliphatic hydroxyl groups is 3. The maximum atomic E-state index is 15.0. The molecule has 0 spiro atoms. The maximum Gasteiger partial charge on any atom is 0.470 e. The van der Waals surface area contributed by atoms with Crippen LogP contribution in [0.2, 0.25) is 0 Å². The van der Waals surface area contributed by atoms with Crippen molar-refractivity contribution in [3.63, 3.8) is 0 Å². The Hall–Kier alpha value is -1.95. The summed E-state index contributed by atoms with van der Waals surface area (Å²) in [4.78, 5) is 58.5. The molecule has 0 aromatic rings. The Morgan fingerprint density at radius 2 is 0.924 bits per heavy atom. The Balaban J connectivity index is 2.10. The van der Waals surface area contributed by atoms with E-state index in [9.17, 15) is 49.2 Å². The predicted octanol–water partition coefficient (Wildman–Crippen LogP) is 14.1. The molecule has 0 aromatic heterocycles. The number of amides is 2. The van der Waals surface area contributed by atoms with E-state index in [0.717, 1.165) is 103 Å². The molecule has 2 aliphatic rings. The van der Waals surface area contributed by atoms with Crippen molar-refractivity contribution in [3.8, 4) is 0 Å². The minimum Gasteiger partial charge on any atom is -0.480 e. The molecular formula is C70H134FN2O18P. The number of alkyl halides is 1. The van der Waals surface area contributed by atoms with E-state index in [1.54, 1.807) is 0 Å². The fourth-order valence-corrected chi connectivity index (χ4v) is 13.1. The molecule has 2 saturated heterocycles. The van der Waals surface area contributed by atoms with Crippen LogP contribution >= 0.6 is 7.82 Å². The number of carbonyl (C=O) groups excluding carboxylic acids is 2. The second kappa shape index (κ2) is 56.0. The van der Waals surface area contributed by atoms with Gasteiger partial charge in [-0.25, -0.2) is 13.8 Å². The predicted molar refractivity (Wildman–Crippen MR) is 358 cm³/mol. The van der Waals surface area contributed by atoms with Crippen molar-refractivity contribution in [2.75, 3.05) is 39.7 Å². The van der Waals surface area contributed by atoms with Crippen LogP contribution in [0.3, 0.4) is 0 Å². The summed E-state index contributed by atoms with van der Waals surface area (Å²) in [7, 11) is -5.30. The first-order valence-electron chi connectivity index (χ1n) is 37.0.